The summed E-state index contributed by atoms with van der Waals surface area (Å²) in [6, 6.07) is 5.52. The zero-order valence-electron chi connectivity index (χ0n) is 10.2. The Morgan fingerprint density at radius 2 is 2.33 bits per heavy atom. The van der Waals surface area contributed by atoms with Gasteiger partial charge in [0.2, 0.25) is 0 Å². The number of hydrogen-bond donors (Lipinski definition) is 1. The van der Waals surface area contributed by atoms with Crippen molar-refractivity contribution in [3.8, 4) is 5.75 Å². The first kappa shape index (κ1) is 13.3. The lowest BCUT2D eigenvalue weighted by Crippen LogP contribution is -2.23. The summed E-state index contributed by atoms with van der Waals surface area (Å²) in [5, 5.41) is 10.1. The zero-order valence-corrected chi connectivity index (χ0v) is 11.8. The number of halogens is 1. The molecule has 0 saturated carbocycles. The Morgan fingerprint density at radius 1 is 1.50 bits per heavy atom. The highest BCUT2D eigenvalue weighted by Gasteiger charge is 2.20. The molecule has 0 bridgehead atoms. The third kappa shape index (κ3) is 2.80. The lowest BCUT2D eigenvalue weighted by atomic mass is 10.0. The highest BCUT2D eigenvalue weighted by atomic mass is 35.5. The fourth-order valence-electron chi connectivity index (χ4n) is 1.81. The highest BCUT2D eigenvalue weighted by molar-refractivity contribution is 7.03. The van der Waals surface area contributed by atoms with Crippen molar-refractivity contribution in [1.29, 1.82) is 0 Å². The van der Waals surface area contributed by atoms with Gasteiger partial charge in [0.15, 0.2) is 0 Å². The fourth-order valence-corrected chi connectivity index (χ4v) is 2.47. The van der Waals surface area contributed by atoms with E-state index >= 15 is 0 Å². The Labute approximate surface area is 115 Å². The van der Waals surface area contributed by atoms with Gasteiger partial charge in [0.1, 0.15) is 5.75 Å². The van der Waals surface area contributed by atoms with Crippen LogP contribution in [0.1, 0.15) is 24.2 Å². The summed E-state index contributed by atoms with van der Waals surface area (Å²) in [5.74, 6) is 0.790. The van der Waals surface area contributed by atoms with Crippen LogP contribution < -0.4 is 10.1 Å². The molecule has 0 aliphatic carbocycles. The van der Waals surface area contributed by atoms with Crippen molar-refractivity contribution in [2.75, 3.05) is 13.7 Å². The van der Waals surface area contributed by atoms with Crippen LogP contribution in [0.25, 0.3) is 0 Å². The number of hydrogen-bond acceptors (Lipinski definition) is 5. The van der Waals surface area contributed by atoms with E-state index < -0.39 is 0 Å². The molecule has 0 fully saturated rings. The first-order valence-corrected chi connectivity index (χ1v) is 6.81. The van der Waals surface area contributed by atoms with Crippen LogP contribution >= 0.6 is 23.1 Å². The van der Waals surface area contributed by atoms with Gasteiger partial charge in [0, 0.05) is 16.0 Å². The molecule has 0 spiro atoms. The van der Waals surface area contributed by atoms with E-state index in [1.807, 2.05) is 30.5 Å². The van der Waals surface area contributed by atoms with Crippen molar-refractivity contribution in [1.82, 2.24) is 14.9 Å². The first-order valence-electron chi connectivity index (χ1n) is 5.60. The minimum absolute atomic E-state index is 0.0533. The summed E-state index contributed by atoms with van der Waals surface area (Å²) in [6.45, 7) is 2.86. The molecule has 96 valence electrons. The minimum atomic E-state index is -0.0533. The highest BCUT2D eigenvalue weighted by Crippen LogP contribution is 2.31. The van der Waals surface area contributed by atoms with E-state index in [2.05, 4.69) is 14.9 Å². The number of benzene rings is 1. The molecule has 0 aliphatic rings. The Kier molecular flexibility index (Phi) is 4.52. The summed E-state index contributed by atoms with van der Waals surface area (Å²) < 4.78 is 9.29. The second-order valence-electron chi connectivity index (χ2n) is 3.71. The average Bonchev–Trinajstić information content (AvgIpc) is 2.89. The van der Waals surface area contributed by atoms with Gasteiger partial charge < -0.3 is 10.1 Å². The summed E-state index contributed by atoms with van der Waals surface area (Å²) in [5.41, 5.74) is 1.85. The molecular formula is C12H14ClN3OS. The Morgan fingerprint density at radius 3 is 2.94 bits per heavy atom. The predicted molar refractivity (Wildman–Crippen MR) is 73.4 cm³/mol. The summed E-state index contributed by atoms with van der Waals surface area (Å²) in [7, 11) is 1.65. The van der Waals surface area contributed by atoms with E-state index in [-0.39, 0.29) is 6.04 Å². The molecular weight excluding hydrogens is 270 g/mol. The molecule has 0 saturated heterocycles. The number of methoxy groups -OCH3 is 1. The third-order valence-corrected chi connectivity index (χ3v) is 3.34. The van der Waals surface area contributed by atoms with Crippen molar-refractivity contribution in [2.45, 2.75) is 13.0 Å². The van der Waals surface area contributed by atoms with Crippen LogP contribution in [-0.2, 0) is 0 Å². The second kappa shape index (κ2) is 6.13. The average molecular weight is 284 g/mol. The molecule has 4 nitrogen and oxygen atoms in total. The van der Waals surface area contributed by atoms with Gasteiger partial charge >= 0.3 is 0 Å². The lowest BCUT2D eigenvalue weighted by Gasteiger charge is -2.18. The van der Waals surface area contributed by atoms with Crippen LogP contribution in [0.5, 0.6) is 5.75 Å². The van der Waals surface area contributed by atoms with Crippen LogP contribution in [0, 0.1) is 0 Å². The van der Waals surface area contributed by atoms with Crippen molar-refractivity contribution < 1.29 is 4.74 Å². The van der Waals surface area contributed by atoms with Crippen molar-refractivity contribution in [3.05, 3.63) is 39.9 Å². The van der Waals surface area contributed by atoms with Crippen molar-refractivity contribution >= 4 is 23.1 Å². The quantitative estimate of drug-likeness (QED) is 0.916. The molecule has 0 amide bonds. The van der Waals surface area contributed by atoms with Crippen LogP contribution in [0.15, 0.2) is 23.6 Å². The van der Waals surface area contributed by atoms with Gasteiger partial charge in [0.05, 0.1) is 18.8 Å². The third-order valence-electron chi connectivity index (χ3n) is 2.58. The minimum Gasteiger partial charge on any atom is -0.496 e. The van der Waals surface area contributed by atoms with Crippen LogP contribution in [0.3, 0.4) is 0 Å². The number of nitrogens with one attached hydrogen (secondary N) is 1. The molecule has 1 heterocycles. The molecule has 0 aliphatic heterocycles. The lowest BCUT2D eigenvalue weighted by molar-refractivity contribution is 0.404. The van der Waals surface area contributed by atoms with E-state index in [9.17, 15) is 0 Å². The zero-order chi connectivity index (χ0) is 13.0. The number of nitrogens with zero attached hydrogens (tertiary/aromatic N) is 2. The smallest absolute Gasteiger partial charge is 0.124 e. The van der Waals surface area contributed by atoms with Gasteiger partial charge in [-0.05, 0) is 36.3 Å². The molecule has 6 heteroatoms. The molecule has 1 atom stereocenters. The van der Waals surface area contributed by atoms with Gasteiger partial charge in [-0.3, -0.25) is 0 Å². The predicted octanol–water partition coefficient (Wildman–Crippen LogP) is 2.90. The van der Waals surface area contributed by atoms with E-state index in [1.54, 1.807) is 7.11 Å². The van der Waals surface area contributed by atoms with E-state index in [0.717, 1.165) is 23.6 Å². The van der Waals surface area contributed by atoms with Gasteiger partial charge in [-0.2, -0.15) is 0 Å². The van der Waals surface area contributed by atoms with Crippen molar-refractivity contribution in [2.24, 2.45) is 0 Å². The fraction of sp³-hybridized carbons (Fsp3) is 0.333. The second-order valence-corrected chi connectivity index (χ2v) is 4.75. The molecule has 1 N–H and O–H groups in total. The summed E-state index contributed by atoms with van der Waals surface area (Å²) in [4.78, 5) is 0. The topological polar surface area (TPSA) is 47.0 Å². The first-order chi connectivity index (χ1) is 8.76. The van der Waals surface area contributed by atoms with E-state index in [1.165, 1.54) is 11.5 Å². The standard InChI is InChI=1S/C12H14ClN3OS/c1-3-14-12(10-7-18-16-15-10)9-6-8(13)4-5-11(9)17-2/h4-7,12,14H,3H2,1-2H3. The molecule has 1 aromatic carbocycles. The monoisotopic (exact) mass is 283 g/mol. The Bertz CT molecular complexity index is 504. The normalized spacial score (nSPS) is 12.4. The molecule has 1 unspecified atom stereocenters. The van der Waals surface area contributed by atoms with Gasteiger partial charge in [-0.15, -0.1) is 5.10 Å². The number of rotatable bonds is 5. The molecule has 2 rings (SSSR count). The van der Waals surface area contributed by atoms with Gasteiger partial charge in [-0.1, -0.05) is 23.0 Å². The maximum Gasteiger partial charge on any atom is 0.124 e. The largest absolute Gasteiger partial charge is 0.496 e. The van der Waals surface area contributed by atoms with Crippen LogP contribution in [0.2, 0.25) is 5.02 Å². The van der Waals surface area contributed by atoms with Crippen LogP contribution in [0.4, 0.5) is 0 Å². The molecule has 1 aromatic heterocycles. The number of aromatic nitrogens is 2. The SMILES string of the molecule is CCNC(c1csnn1)c1cc(Cl)ccc1OC. The maximum absolute atomic E-state index is 6.06. The molecule has 0 radical (unpaired) electrons. The molecule has 18 heavy (non-hydrogen) atoms. The molecule has 2 aromatic rings. The summed E-state index contributed by atoms with van der Waals surface area (Å²) >= 11 is 7.39. The van der Waals surface area contributed by atoms with Gasteiger partial charge in [-0.25, -0.2) is 0 Å². The van der Waals surface area contributed by atoms with E-state index in [4.69, 9.17) is 16.3 Å². The Balaban J connectivity index is 2.45. The van der Waals surface area contributed by atoms with Gasteiger partial charge in [0.25, 0.3) is 0 Å². The van der Waals surface area contributed by atoms with E-state index in [0.29, 0.717) is 5.02 Å². The van der Waals surface area contributed by atoms with Crippen molar-refractivity contribution in [3.63, 3.8) is 0 Å². The Hall–Kier alpha value is -1.17. The maximum atomic E-state index is 6.06. The van der Waals surface area contributed by atoms with Crippen LogP contribution in [-0.4, -0.2) is 23.2 Å². The summed E-state index contributed by atoms with van der Waals surface area (Å²) in [6.07, 6.45) is 0. The number of ether oxygens (including phenoxy) is 1.